The van der Waals surface area contributed by atoms with Crippen LogP contribution in [0.15, 0.2) is 156 Å². The Kier molecular flexibility index (Phi) is 8.73. The fraction of sp³-hybridized carbons (Fsp3) is 0.242. The Labute approximate surface area is 421 Å². The Morgan fingerprint density at radius 2 is 1.20 bits per heavy atom. The van der Waals surface area contributed by atoms with Crippen LogP contribution in [0, 0.1) is 0 Å². The lowest BCUT2D eigenvalue weighted by Crippen LogP contribution is -2.60. The highest BCUT2D eigenvalue weighted by Crippen LogP contribution is 2.57. The van der Waals surface area contributed by atoms with E-state index in [-0.39, 0.29) is 28.5 Å². The van der Waals surface area contributed by atoms with E-state index in [9.17, 15) is 0 Å². The summed E-state index contributed by atoms with van der Waals surface area (Å²) in [5, 5.41) is 6.51. The van der Waals surface area contributed by atoms with Gasteiger partial charge in [0.1, 0.15) is 11.3 Å². The van der Waals surface area contributed by atoms with Crippen molar-refractivity contribution in [3.8, 4) is 39.3 Å². The largest absolute Gasteiger partial charge is 0.455 e. The molecule has 1 aliphatic carbocycles. The number of anilines is 2. The van der Waals surface area contributed by atoms with Crippen molar-refractivity contribution in [1.29, 1.82) is 0 Å². The molecule has 0 saturated carbocycles. The van der Waals surface area contributed by atoms with Crippen LogP contribution in [-0.4, -0.2) is 11.4 Å². The quantitative estimate of drug-likeness (QED) is 0.165. The lowest BCUT2D eigenvalue weighted by atomic mass is 9.43. The van der Waals surface area contributed by atoms with Gasteiger partial charge in [0, 0.05) is 75.6 Å². The normalized spacial score (nSPS) is 15.8. The number of aromatic nitrogens is 1. The van der Waals surface area contributed by atoms with E-state index in [0.29, 0.717) is 0 Å². The lowest BCUT2D eigenvalue weighted by molar-refractivity contribution is 0.332. The summed E-state index contributed by atoms with van der Waals surface area (Å²) < 4.78 is 12.7. The molecule has 0 unspecified atom stereocenters. The van der Waals surface area contributed by atoms with Crippen LogP contribution < -0.4 is 15.7 Å². The molecule has 0 amide bonds. The first-order chi connectivity index (χ1) is 34.0. The molecule has 348 valence electrons. The third-order valence-corrected chi connectivity index (χ3v) is 18.1. The van der Waals surface area contributed by atoms with Crippen molar-refractivity contribution in [3.05, 3.63) is 174 Å². The summed E-state index contributed by atoms with van der Waals surface area (Å²) in [5.74, 6) is 0.900. The molecule has 5 heterocycles. The molecule has 3 nitrogen and oxygen atoms in total. The van der Waals surface area contributed by atoms with Gasteiger partial charge in [0.2, 0.25) is 0 Å². The average Bonchev–Trinajstić information content (AvgIpc) is 4.04. The predicted molar refractivity (Wildman–Crippen MR) is 306 cm³/mol. The summed E-state index contributed by atoms with van der Waals surface area (Å²) in [4.78, 5) is 2.74. The molecular weight excluding hydrogens is 880 g/mol. The van der Waals surface area contributed by atoms with Gasteiger partial charge in [-0.1, -0.05) is 166 Å². The number of thiophene rings is 1. The molecule has 71 heavy (non-hydrogen) atoms. The van der Waals surface area contributed by atoms with Crippen LogP contribution in [0.2, 0.25) is 0 Å². The topological polar surface area (TPSA) is 21.3 Å². The minimum Gasteiger partial charge on any atom is -0.455 e. The second-order valence-corrected chi connectivity index (χ2v) is 25.4. The molecule has 11 aromatic rings. The molecule has 8 aromatic carbocycles. The molecule has 14 rings (SSSR count). The summed E-state index contributed by atoms with van der Waals surface area (Å²) in [6, 6.07) is 57.9. The van der Waals surface area contributed by atoms with E-state index in [1.54, 1.807) is 0 Å². The molecule has 3 aromatic heterocycles. The molecule has 0 atom stereocenters. The first-order valence-corrected chi connectivity index (χ1v) is 26.6. The molecule has 2 aliphatic heterocycles. The van der Waals surface area contributed by atoms with Crippen LogP contribution in [0.25, 0.3) is 92.2 Å². The molecule has 5 heteroatoms. The van der Waals surface area contributed by atoms with Crippen LogP contribution in [0.3, 0.4) is 0 Å². The van der Waals surface area contributed by atoms with Crippen LogP contribution >= 0.6 is 11.3 Å². The van der Waals surface area contributed by atoms with Crippen molar-refractivity contribution in [3.63, 3.8) is 0 Å². The fourth-order valence-electron chi connectivity index (χ4n) is 13.0. The zero-order chi connectivity index (χ0) is 48.7. The first kappa shape index (κ1) is 43.0. The van der Waals surface area contributed by atoms with Gasteiger partial charge in [0.15, 0.2) is 0 Å². The zero-order valence-electron chi connectivity index (χ0n) is 42.6. The Morgan fingerprint density at radius 1 is 0.563 bits per heavy atom. The van der Waals surface area contributed by atoms with E-state index in [4.69, 9.17) is 4.42 Å². The van der Waals surface area contributed by atoms with Gasteiger partial charge >= 0.3 is 6.85 Å². The number of hydrogen-bond donors (Lipinski definition) is 0. The van der Waals surface area contributed by atoms with Gasteiger partial charge in [-0.2, -0.15) is 0 Å². The van der Waals surface area contributed by atoms with Crippen LogP contribution in [0.5, 0.6) is 0 Å². The SMILES string of the molecule is CC(C)(C)c1ccc(N2B3c4cc5oc(-c6ccccc6)c(-c6ccccc6)c5cc4-n4c5ccc(C(C)(C)C)cc5c5c6c(sc7ccccc76)c(c3c54)-c3cc4c(cc32)C(C)(C)CCC4(C)C)cc1. The second-order valence-electron chi connectivity index (χ2n) is 24.3. The highest BCUT2D eigenvalue weighted by Gasteiger charge is 2.48. The number of rotatable bonds is 3. The summed E-state index contributed by atoms with van der Waals surface area (Å²) in [5.41, 5.74) is 21.5. The van der Waals surface area contributed by atoms with Crippen LogP contribution in [0.1, 0.15) is 104 Å². The van der Waals surface area contributed by atoms with E-state index in [0.717, 1.165) is 46.3 Å². The van der Waals surface area contributed by atoms with E-state index < -0.39 is 0 Å². The molecule has 0 saturated heterocycles. The molecular formula is C66H59BN2OS. The molecule has 3 aliphatic rings. The first-order valence-electron chi connectivity index (χ1n) is 25.7. The highest BCUT2D eigenvalue weighted by atomic mass is 32.1. The molecule has 0 fully saturated rings. The Balaban J connectivity index is 1.22. The molecule has 0 spiro atoms. The minimum absolute atomic E-state index is 0.0145. The highest BCUT2D eigenvalue weighted by molar-refractivity contribution is 7.27. The predicted octanol–water partition coefficient (Wildman–Crippen LogP) is 17.4. The Morgan fingerprint density at radius 3 is 1.89 bits per heavy atom. The van der Waals surface area contributed by atoms with E-state index in [2.05, 4.69) is 230 Å². The zero-order valence-corrected chi connectivity index (χ0v) is 43.5. The molecule has 0 radical (unpaired) electrons. The smallest absolute Gasteiger partial charge is 0.333 e. The summed E-state index contributed by atoms with van der Waals surface area (Å²) in [7, 11) is 0. The third kappa shape index (κ3) is 6.02. The number of fused-ring (bicyclic) bond motifs is 15. The van der Waals surface area contributed by atoms with Crippen molar-refractivity contribution in [1.82, 2.24) is 4.57 Å². The summed E-state index contributed by atoms with van der Waals surface area (Å²) in [6.07, 6.45) is 2.31. The Hall–Kier alpha value is -6.82. The maximum Gasteiger partial charge on any atom is 0.333 e. The third-order valence-electron chi connectivity index (χ3n) is 16.9. The van der Waals surface area contributed by atoms with E-state index >= 15 is 0 Å². The van der Waals surface area contributed by atoms with E-state index in [1.165, 1.54) is 103 Å². The Bertz CT molecular complexity index is 4060. The van der Waals surface area contributed by atoms with Crippen molar-refractivity contribution < 1.29 is 4.42 Å². The maximum atomic E-state index is 7.30. The van der Waals surface area contributed by atoms with Gasteiger partial charge in [0.05, 0.1) is 11.0 Å². The van der Waals surface area contributed by atoms with Crippen molar-refractivity contribution in [2.24, 2.45) is 0 Å². The monoisotopic (exact) mass is 938 g/mol. The maximum absolute atomic E-state index is 7.30. The number of furan rings is 1. The summed E-state index contributed by atoms with van der Waals surface area (Å²) in [6.45, 7) is 23.7. The average molecular weight is 939 g/mol. The van der Waals surface area contributed by atoms with Crippen LogP contribution in [-0.2, 0) is 21.7 Å². The van der Waals surface area contributed by atoms with Gasteiger partial charge in [-0.05, 0) is 128 Å². The number of benzene rings is 8. The number of hydrogen-bond acceptors (Lipinski definition) is 3. The molecule has 0 N–H and O–H groups in total. The van der Waals surface area contributed by atoms with Gasteiger partial charge in [-0.3, -0.25) is 0 Å². The number of nitrogens with zero attached hydrogens (tertiary/aromatic N) is 2. The fourth-order valence-corrected chi connectivity index (χ4v) is 14.3. The van der Waals surface area contributed by atoms with Gasteiger partial charge < -0.3 is 13.8 Å². The van der Waals surface area contributed by atoms with E-state index in [1.807, 2.05) is 11.3 Å². The summed E-state index contributed by atoms with van der Waals surface area (Å²) >= 11 is 1.99. The van der Waals surface area contributed by atoms with Crippen molar-refractivity contribution in [2.75, 3.05) is 4.81 Å². The lowest BCUT2D eigenvalue weighted by Gasteiger charge is -2.46. The minimum atomic E-state index is -0.170. The second kappa shape index (κ2) is 14.4. The van der Waals surface area contributed by atoms with Gasteiger partial charge in [-0.15, -0.1) is 11.3 Å². The van der Waals surface area contributed by atoms with Crippen LogP contribution in [0.4, 0.5) is 11.4 Å². The van der Waals surface area contributed by atoms with Gasteiger partial charge in [0.25, 0.3) is 0 Å². The molecule has 0 bridgehead atoms. The van der Waals surface area contributed by atoms with Crippen molar-refractivity contribution >= 4 is 93.4 Å². The standard InChI is InChI=1S/C66H59BN2OS/c1-63(2,3)40-25-28-42(29-26-40)69-51-36-48-47(65(7,8)31-32-66(48,9)10)34-45(51)58-59-60-56(57-43-23-17-18-24-54(43)71-62(57)58)44-33-41(64(4,5)6)27-30-50(44)68(60)52-35-46-53(37-49(52)67(59)69)70-61(39-21-15-12-16-22-39)55(46)38-19-13-11-14-20-38/h11-30,33-37H,31-32H2,1-10H3. The van der Waals surface area contributed by atoms with Gasteiger partial charge in [-0.25, -0.2) is 0 Å². The van der Waals surface area contributed by atoms with Crippen molar-refractivity contribution in [2.45, 2.75) is 104 Å².